The van der Waals surface area contributed by atoms with Crippen molar-refractivity contribution in [2.45, 2.75) is 40.3 Å². The van der Waals surface area contributed by atoms with Crippen molar-refractivity contribution in [2.75, 3.05) is 5.32 Å². The smallest absolute Gasteiger partial charge is 0.251 e. The zero-order valence-electron chi connectivity index (χ0n) is 16.7. The molecule has 1 atom stereocenters. The van der Waals surface area contributed by atoms with Crippen LogP contribution >= 0.6 is 0 Å². The van der Waals surface area contributed by atoms with Crippen LogP contribution in [0.5, 0.6) is 0 Å². The molecule has 0 fully saturated rings. The number of para-hydroxylation sites is 2. The van der Waals surface area contributed by atoms with Gasteiger partial charge >= 0.3 is 0 Å². The predicted octanol–water partition coefficient (Wildman–Crippen LogP) is 3.76. The molecule has 2 amide bonds. The number of imidazole rings is 1. The molecule has 3 aromatic rings. The first kappa shape index (κ1) is 19.6. The van der Waals surface area contributed by atoms with E-state index in [1.165, 1.54) is 0 Å². The number of anilines is 1. The summed E-state index contributed by atoms with van der Waals surface area (Å²) in [6, 6.07) is 14.4. The van der Waals surface area contributed by atoms with Crippen LogP contribution in [0.4, 0.5) is 5.95 Å². The Balaban J connectivity index is 1.80. The summed E-state index contributed by atoms with van der Waals surface area (Å²) in [5.74, 6) is -0.129. The van der Waals surface area contributed by atoms with Crippen LogP contribution in [0.1, 0.15) is 36.7 Å². The van der Waals surface area contributed by atoms with Crippen LogP contribution in [-0.2, 0) is 11.3 Å². The van der Waals surface area contributed by atoms with E-state index in [9.17, 15) is 9.59 Å². The molecule has 1 aromatic heterocycles. The Labute approximate surface area is 165 Å². The van der Waals surface area contributed by atoms with Gasteiger partial charge in [0.05, 0.1) is 11.0 Å². The van der Waals surface area contributed by atoms with Gasteiger partial charge in [-0.15, -0.1) is 0 Å². The summed E-state index contributed by atoms with van der Waals surface area (Å²) < 4.78 is 1.95. The van der Waals surface area contributed by atoms with Gasteiger partial charge in [-0.1, -0.05) is 43.7 Å². The van der Waals surface area contributed by atoms with Crippen LogP contribution in [0.3, 0.4) is 0 Å². The minimum absolute atomic E-state index is 0.0751. The molecule has 6 nitrogen and oxygen atoms in total. The molecule has 3 rings (SSSR count). The van der Waals surface area contributed by atoms with Crippen molar-refractivity contribution in [1.82, 2.24) is 14.9 Å². The van der Waals surface area contributed by atoms with Gasteiger partial charge in [-0.2, -0.15) is 0 Å². The van der Waals surface area contributed by atoms with Crippen LogP contribution in [0.15, 0.2) is 48.5 Å². The van der Waals surface area contributed by atoms with Crippen molar-refractivity contribution >= 4 is 28.8 Å². The lowest BCUT2D eigenvalue weighted by Gasteiger charge is -2.21. The van der Waals surface area contributed by atoms with Crippen LogP contribution in [0.2, 0.25) is 0 Å². The largest absolute Gasteiger partial charge is 0.340 e. The Kier molecular flexibility index (Phi) is 5.78. The number of rotatable bonds is 6. The van der Waals surface area contributed by atoms with E-state index in [1.54, 1.807) is 12.1 Å². The Bertz CT molecular complexity index is 989. The fourth-order valence-electron chi connectivity index (χ4n) is 3.14. The normalized spacial score (nSPS) is 12.2. The highest BCUT2D eigenvalue weighted by Gasteiger charge is 2.26. The summed E-state index contributed by atoms with van der Waals surface area (Å²) >= 11 is 0. The van der Waals surface area contributed by atoms with Crippen LogP contribution in [0.25, 0.3) is 11.0 Å². The highest BCUT2D eigenvalue weighted by molar-refractivity contribution is 6.01. The quantitative estimate of drug-likeness (QED) is 0.686. The Morgan fingerprint density at radius 3 is 2.39 bits per heavy atom. The number of aromatic nitrogens is 2. The Morgan fingerprint density at radius 1 is 1.07 bits per heavy atom. The molecule has 0 aliphatic carbocycles. The Hall–Kier alpha value is -3.15. The molecule has 0 aliphatic heterocycles. The number of carbonyl (C=O) groups is 2. The first-order valence-corrected chi connectivity index (χ1v) is 9.54. The van der Waals surface area contributed by atoms with Gasteiger partial charge in [-0.25, -0.2) is 4.98 Å². The number of hydrogen-bond donors (Lipinski definition) is 2. The Morgan fingerprint density at radius 2 is 1.75 bits per heavy atom. The average Bonchev–Trinajstić information content (AvgIpc) is 3.02. The van der Waals surface area contributed by atoms with Gasteiger partial charge in [0, 0.05) is 12.1 Å². The van der Waals surface area contributed by atoms with Gasteiger partial charge < -0.3 is 9.88 Å². The van der Waals surface area contributed by atoms with E-state index in [2.05, 4.69) is 15.6 Å². The van der Waals surface area contributed by atoms with Crippen molar-refractivity contribution in [3.8, 4) is 0 Å². The second-order valence-electron chi connectivity index (χ2n) is 7.22. The SMILES string of the molecule is CCn1c(NC(=O)C(NC(=O)c2ccc(C)cc2)C(C)C)nc2ccccc21. The minimum Gasteiger partial charge on any atom is -0.340 e. The van der Waals surface area contributed by atoms with Gasteiger partial charge in [0.1, 0.15) is 6.04 Å². The molecule has 2 N–H and O–H groups in total. The van der Waals surface area contributed by atoms with Crippen molar-refractivity contribution in [3.63, 3.8) is 0 Å². The summed E-state index contributed by atoms with van der Waals surface area (Å²) in [6.45, 7) is 8.46. The number of hydrogen-bond acceptors (Lipinski definition) is 3. The van der Waals surface area contributed by atoms with E-state index in [0.717, 1.165) is 16.6 Å². The molecule has 0 saturated heterocycles. The van der Waals surface area contributed by atoms with Gasteiger partial charge in [-0.05, 0) is 44.0 Å². The van der Waals surface area contributed by atoms with E-state index in [-0.39, 0.29) is 17.7 Å². The molecular formula is C22H26N4O2. The second-order valence-corrected chi connectivity index (χ2v) is 7.22. The molecule has 0 radical (unpaired) electrons. The lowest BCUT2D eigenvalue weighted by molar-refractivity contribution is -0.118. The van der Waals surface area contributed by atoms with E-state index in [1.807, 2.05) is 68.7 Å². The summed E-state index contributed by atoms with van der Waals surface area (Å²) in [4.78, 5) is 30.1. The molecule has 0 saturated carbocycles. The van der Waals surface area contributed by atoms with Crippen molar-refractivity contribution in [1.29, 1.82) is 0 Å². The predicted molar refractivity (Wildman–Crippen MR) is 111 cm³/mol. The highest BCUT2D eigenvalue weighted by atomic mass is 16.2. The third-order valence-electron chi connectivity index (χ3n) is 4.76. The zero-order chi connectivity index (χ0) is 20.3. The molecule has 0 bridgehead atoms. The van der Waals surface area contributed by atoms with E-state index >= 15 is 0 Å². The number of aryl methyl sites for hydroxylation is 2. The van der Waals surface area contributed by atoms with E-state index < -0.39 is 6.04 Å². The van der Waals surface area contributed by atoms with E-state index in [4.69, 9.17) is 0 Å². The maximum atomic E-state index is 12.9. The highest BCUT2D eigenvalue weighted by Crippen LogP contribution is 2.20. The maximum Gasteiger partial charge on any atom is 0.251 e. The lowest BCUT2D eigenvalue weighted by Crippen LogP contribution is -2.47. The molecular weight excluding hydrogens is 352 g/mol. The van der Waals surface area contributed by atoms with Gasteiger partial charge in [0.15, 0.2) is 0 Å². The lowest BCUT2D eigenvalue weighted by atomic mass is 10.0. The third-order valence-corrected chi connectivity index (χ3v) is 4.76. The molecule has 0 aliphatic rings. The van der Waals surface area contributed by atoms with Crippen LogP contribution in [-0.4, -0.2) is 27.4 Å². The first-order valence-electron chi connectivity index (χ1n) is 9.54. The van der Waals surface area contributed by atoms with Gasteiger partial charge in [0.25, 0.3) is 5.91 Å². The van der Waals surface area contributed by atoms with Crippen LogP contribution < -0.4 is 10.6 Å². The zero-order valence-corrected chi connectivity index (χ0v) is 16.7. The first-order chi connectivity index (χ1) is 13.4. The number of carbonyl (C=O) groups excluding carboxylic acids is 2. The number of nitrogens with one attached hydrogen (secondary N) is 2. The second kappa shape index (κ2) is 8.25. The fourth-order valence-corrected chi connectivity index (χ4v) is 3.14. The monoisotopic (exact) mass is 378 g/mol. The molecule has 2 aromatic carbocycles. The minimum atomic E-state index is -0.668. The maximum absolute atomic E-state index is 12.9. The standard InChI is InChI=1S/C22H26N4O2/c1-5-26-18-9-7-6-8-17(18)23-22(26)25-21(28)19(14(2)3)24-20(27)16-12-10-15(4)11-13-16/h6-14,19H,5H2,1-4H3,(H,24,27)(H,23,25,28). The average molecular weight is 378 g/mol. The van der Waals surface area contributed by atoms with Gasteiger partial charge in [0.2, 0.25) is 11.9 Å². The fraction of sp³-hybridized carbons (Fsp3) is 0.318. The van der Waals surface area contributed by atoms with E-state index in [0.29, 0.717) is 18.1 Å². The van der Waals surface area contributed by atoms with Crippen LogP contribution in [0, 0.1) is 12.8 Å². The number of nitrogens with zero attached hydrogens (tertiary/aromatic N) is 2. The molecule has 28 heavy (non-hydrogen) atoms. The third kappa shape index (κ3) is 4.06. The van der Waals surface area contributed by atoms with Crippen molar-refractivity contribution in [3.05, 3.63) is 59.7 Å². The van der Waals surface area contributed by atoms with Gasteiger partial charge in [-0.3, -0.25) is 14.9 Å². The number of amides is 2. The molecule has 1 heterocycles. The van der Waals surface area contributed by atoms with Crippen molar-refractivity contribution < 1.29 is 9.59 Å². The molecule has 0 spiro atoms. The molecule has 6 heteroatoms. The topological polar surface area (TPSA) is 76.0 Å². The number of fused-ring (bicyclic) bond motifs is 1. The van der Waals surface area contributed by atoms with Crippen molar-refractivity contribution in [2.24, 2.45) is 5.92 Å². The molecule has 146 valence electrons. The summed E-state index contributed by atoms with van der Waals surface area (Å²) in [6.07, 6.45) is 0. The summed E-state index contributed by atoms with van der Waals surface area (Å²) in [5, 5.41) is 5.75. The summed E-state index contributed by atoms with van der Waals surface area (Å²) in [7, 11) is 0. The molecule has 1 unspecified atom stereocenters. The summed E-state index contributed by atoms with van der Waals surface area (Å²) in [5.41, 5.74) is 3.40. The number of benzene rings is 2.